The number of hydrogen-bond donors (Lipinski definition) is 3. The van der Waals surface area contributed by atoms with Crippen molar-refractivity contribution >= 4 is 12.1 Å². The summed E-state index contributed by atoms with van der Waals surface area (Å²) in [4.78, 5) is 3.93. The summed E-state index contributed by atoms with van der Waals surface area (Å²) >= 11 is 0. The highest BCUT2D eigenvalue weighted by molar-refractivity contribution is 6.10. The molecule has 0 aliphatic heterocycles. The van der Waals surface area contributed by atoms with Crippen molar-refractivity contribution in [3.63, 3.8) is 0 Å². The minimum atomic E-state index is 0.191. The highest BCUT2D eigenvalue weighted by Crippen LogP contribution is 1.97. The highest BCUT2D eigenvalue weighted by atomic mass is 16.3. The van der Waals surface area contributed by atoms with E-state index in [0.29, 0.717) is 0 Å². The van der Waals surface area contributed by atoms with Gasteiger partial charge in [-0.05, 0) is 31.9 Å². The number of aliphatic hydroxyl groups is 1. The lowest BCUT2D eigenvalue weighted by Crippen LogP contribution is -2.11. The average molecular weight is 209 g/mol. The molecule has 4 heteroatoms. The third-order valence-electron chi connectivity index (χ3n) is 1.73. The molecule has 15 heavy (non-hydrogen) atoms. The van der Waals surface area contributed by atoms with Gasteiger partial charge in [-0.2, -0.15) is 0 Å². The molecule has 0 saturated carbocycles. The molecule has 0 rings (SSSR count). The van der Waals surface area contributed by atoms with Crippen molar-refractivity contribution in [2.24, 2.45) is 4.99 Å². The zero-order valence-electron chi connectivity index (χ0n) is 9.33. The van der Waals surface area contributed by atoms with Gasteiger partial charge in [-0.25, -0.2) is 4.99 Å². The summed E-state index contributed by atoms with van der Waals surface area (Å²) in [6.45, 7) is 4.76. The van der Waals surface area contributed by atoms with Gasteiger partial charge in [0.25, 0.3) is 0 Å². The van der Waals surface area contributed by atoms with Crippen LogP contribution in [0.2, 0.25) is 0 Å². The van der Waals surface area contributed by atoms with Crippen LogP contribution in [0.1, 0.15) is 20.3 Å². The maximum Gasteiger partial charge on any atom is 0.107 e. The molecule has 0 bridgehead atoms. The lowest BCUT2D eigenvalue weighted by Gasteiger charge is -2.02. The fourth-order valence-electron chi connectivity index (χ4n) is 0.984. The molecule has 84 valence electrons. The number of hydrogen-bond acceptors (Lipinski definition) is 3. The summed E-state index contributed by atoms with van der Waals surface area (Å²) < 4.78 is 0. The number of nitrogens with zero attached hydrogens (tertiary/aromatic N) is 1. The van der Waals surface area contributed by atoms with Gasteiger partial charge in [0.2, 0.25) is 0 Å². The third-order valence-corrected chi connectivity index (χ3v) is 1.73. The topological polar surface area (TPSA) is 68.5 Å². The lowest BCUT2D eigenvalue weighted by atomic mass is 10.2. The number of rotatable bonds is 7. The Balaban J connectivity index is 4.29. The van der Waals surface area contributed by atoms with Crippen molar-refractivity contribution in [2.75, 3.05) is 13.2 Å². The van der Waals surface area contributed by atoms with Gasteiger partial charge in [-0.15, -0.1) is 0 Å². The van der Waals surface area contributed by atoms with Crippen LogP contribution in [0.5, 0.6) is 0 Å². The van der Waals surface area contributed by atoms with Gasteiger partial charge in [0, 0.05) is 19.4 Å². The molecule has 0 aromatic rings. The van der Waals surface area contributed by atoms with Crippen LogP contribution in [0.3, 0.4) is 0 Å². The minimum absolute atomic E-state index is 0.191. The first-order valence-corrected chi connectivity index (χ1v) is 4.97. The Hall–Kier alpha value is -1.42. The summed E-state index contributed by atoms with van der Waals surface area (Å²) in [5.74, 6) is 0. The molecule has 0 aliphatic rings. The Morgan fingerprint density at radius 2 is 2.27 bits per heavy atom. The standard InChI is InChI=1S/C11H19N3O/c1-3-5-11(14-9-12)10(2)8-13-6-4-7-15/h3,5,8-9,12-13,15H,4,6-7H2,1-2H3/b5-3-,10-8+,12-9?,14-11-. The first-order valence-electron chi connectivity index (χ1n) is 4.97. The van der Waals surface area contributed by atoms with Crippen molar-refractivity contribution in [1.82, 2.24) is 5.32 Å². The van der Waals surface area contributed by atoms with Gasteiger partial charge in [0.15, 0.2) is 0 Å². The van der Waals surface area contributed by atoms with Crippen LogP contribution in [-0.4, -0.2) is 30.3 Å². The van der Waals surface area contributed by atoms with Crippen molar-refractivity contribution in [3.05, 3.63) is 23.9 Å². The maximum atomic E-state index is 8.58. The van der Waals surface area contributed by atoms with Crippen LogP contribution in [0.25, 0.3) is 0 Å². The number of aliphatic hydroxyl groups excluding tert-OH is 1. The summed E-state index contributed by atoms with van der Waals surface area (Å²) in [6.07, 6.45) is 7.33. The molecule has 0 atom stereocenters. The Morgan fingerprint density at radius 3 is 2.80 bits per heavy atom. The molecule has 3 N–H and O–H groups in total. The second-order valence-electron chi connectivity index (χ2n) is 3.00. The average Bonchev–Trinajstić information content (AvgIpc) is 2.24. The summed E-state index contributed by atoms with van der Waals surface area (Å²) in [5.41, 5.74) is 1.73. The first kappa shape index (κ1) is 13.6. The molecule has 0 aromatic heterocycles. The highest BCUT2D eigenvalue weighted by Gasteiger charge is 1.95. The molecule has 0 unspecified atom stereocenters. The zero-order valence-corrected chi connectivity index (χ0v) is 9.33. The predicted molar refractivity (Wildman–Crippen MR) is 64.5 cm³/mol. The Kier molecular flexibility index (Phi) is 8.28. The van der Waals surface area contributed by atoms with E-state index in [1.54, 1.807) is 0 Å². The Morgan fingerprint density at radius 1 is 1.53 bits per heavy atom. The van der Waals surface area contributed by atoms with Crippen molar-refractivity contribution < 1.29 is 5.11 Å². The number of allylic oxidation sites excluding steroid dienone is 3. The van der Waals surface area contributed by atoms with E-state index in [1.165, 1.54) is 0 Å². The third kappa shape index (κ3) is 6.62. The van der Waals surface area contributed by atoms with Gasteiger partial charge in [0.1, 0.15) is 6.34 Å². The largest absolute Gasteiger partial charge is 0.396 e. The monoisotopic (exact) mass is 209 g/mol. The first-order chi connectivity index (χ1) is 7.26. The van der Waals surface area contributed by atoms with E-state index in [9.17, 15) is 0 Å². The normalized spacial score (nSPS) is 13.3. The molecule has 0 heterocycles. The molecular formula is C11H19N3O. The van der Waals surface area contributed by atoms with E-state index in [2.05, 4.69) is 10.3 Å². The molecule has 0 spiro atoms. The van der Waals surface area contributed by atoms with E-state index in [1.807, 2.05) is 32.2 Å². The predicted octanol–water partition coefficient (Wildman–Crippen LogP) is 1.49. The van der Waals surface area contributed by atoms with Crippen LogP contribution in [0.15, 0.2) is 28.9 Å². The van der Waals surface area contributed by atoms with Gasteiger partial charge in [0.05, 0.1) is 5.71 Å². The van der Waals surface area contributed by atoms with E-state index in [-0.39, 0.29) is 6.61 Å². The number of nitrogens with one attached hydrogen (secondary N) is 2. The molecular weight excluding hydrogens is 190 g/mol. The van der Waals surface area contributed by atoms with E-state index in [0.717, 1.165) is 30.6 Å². The Labute approximate surface area is 90.9 Å². The van der Waals surface area contributed by atoms with Crippen molar-refractivity contribution in [2.45, 2.75) is 20.3 Å². The summed E-state index contributed by atoms with van der Waals surface area (Å²) in [5, 5.41) is 18.6. The van der Waals surface area contributed by atoms with Crippen molar-refractivity contribution in [3.8, 4) is 0 Å². The molecule has 0 saturated heterocycles. The maximum absolute atomic E-state index is 8.58. The van der Waals surface area contributed by atoms with E-state index in [4.69, 9.17) is 10.5 Å². The van der Waals surface area contributed by atoms with Crippen LogP contribution in [0, 0.1) is 5.41 Å². The smallest absolute Gasteiger partial charge is 0.107 e. The second-order valence-corrected chi connectivity index (χ2v) is 3.00. The van der Waals surface area contributed by atoms with Gasteiger partial charge < -0.3 is 10.4 Å². The van der Waals surface area contributed by atoms with E-state index < -0.39 is 0 Å². The molecule has 4 nitrogen and oxygen atoms in total. The Bertz CT molecular complexity index is 267. The quantitative estimate of drug-likeness (QED) is 0.338. The molecule has 0 aromatic carbocycles. The summed E-state index contributed by atoms with van der Waals surface area (Å²) in [7, 11) is 0. The molecule has 0 fully saturated rings. The van der Waals surface area contributed by atoms with Crippen LogP contribution >= 0.6 is 0 Å². The van der Waals surface area contributed by atoms with E-state index >= 15 is 0 Å². The van der Waals surface area contributed by atoms with Gasteiger partial charge >= 0.3 is 0 Å². The van der Waals surface area contributed by atoms with Crippen LogP contribution < -0.4 is 5.32 Å². The second kappa shape index (κ2) is 9.15. The summed E-state index contributed by atoms with van der Waals surface area (Å²) in [6, 6.07) is 0. The zero-order chi connectivity index (χ0) is 11.5. The van der Waals surface area contributed by atoms with Crippen molar-refractivity contribution in [1.29, 1.82) is 5.41 Å². The van der Waals surface area contributed by atoms with Gasteiger partial charge in [-0.3, -0.25) is 5.41 Å². The molecule has 0 aliphatic carbocycles. The molecule has 0 amide bonds. The molecule has 0 radical (unpaired) electrons. The fourth-order valence-corrected chi connectivity index (χ4v) is 0.984. The minimum Gasteiger partial charge on any atom is -0.396 e. The fraction of sp³-hybridized carbons (Fsp3) is 0.455. The van der Waals surface area contributed by atoms with Crippen LogP contribution in [-0.2, 0) is 0 Å². The van der Waals surface area contributed by atoms with Crippen LogP contribution in [0.4, 0.5) is 0 Å². The van der Waals surface area contributed by atoms with Gasteiger partial charge in [-0.1, -0.05) is 6.08 Å². The number of aliphatic imine (C=N–C) groups is 1. The SMILES string of the molecule is C\C=C/C(=N/C=N)C(/C)=C/NCCCO. The lowest BCUT2D eigenvalue weighted by molar-refractivity contribution is 0.288.